The van der Waals surface area contributed by atoms with E-state index in [1.54, 1.807) is 7.05 Å². The van der Waals surface area contributed by atoms with Gasteiger partial charge in [-0.25, -0.2) is 0 Å². The predicted octanol–water partition coefficient (Wildman–Crippen LogP) is 0.436. The number of likely N-dealkylation sites (N-methyl/N-ethyl adjacent to an activating group) is 1. The molecule has 0 aliphatic rings. The minimum Gasteiger partial charge on any atom is -0.359 e. The first-order valence-electron chi connectivity index (χ1n) is 5.61. The summed E-state index contributed by atoms with van der Waals surface area (Å²) in [5.74, 6) is 0.792. The Morgan fingerprint density at radius 1 is 1.56 bits per heavy atom. The first-order chi connectivity index (χ1) is 8.08. The van der Waals surface area contributed by atoms with Gasteiger partial charge in [-0.05, 0) is 14.1 Å². The number of guanidine groups is 1. The SMILES string of the molecule is CN=C(NC)NCC(c1cnn(C)c1)N(C)C.I. The monoisotopic (exact) mass is 366 g/mol. The zero-order chi connectivity index (χ0) is 12.8. The molecule has 1 aromatic rings. The molecule has 0 aliphatic carbocycles. The number of aromatic nitrogens is 2. The zero-order valence-corrected chi connectivity index (χ0v) is 14.0. The average Bonchev–Trinajstić information content (AvgIpc) is 2.70. The number of hydrogen-bond acceptors (Lipinski definition) is 3. The van der Waals surface area contributed by atoms with E-state index in [4.69, 9.17) is 0 Å². The molecule has 6 nitrogen and oxygen atoms in total. The minimum absolute atomic E-state index is 0. The lowest BCUT2D eigenvalue weighted by atomic mass is 10.1. The van der Waals surface area contributed by atoms with Crippen LogP contribution in [0.1, 0.15) is 11.6 Å². The van der Waals surface area contributed by atoms with Gasteiger partial charge in [-0.1, -0.05) is 0 Å². The lowest BCUT2D eigenvalue weighted by Gasteiger charge is -2.24. The van der Waals surface area contributed by atoms with Crippen LogP contribution in [-0.4, -0.2) is 55.4 Å². The van der Waals surface area contributed by atoms with Crippen molar-refractivity contribution in [2.75, 3.05) is 34.7 Å². The van der Waals surface area contributed by atoms with E-state index in [-0.39, 0.29) is 30.0 Å². The predicted molar refractivity (Wildman–Crippen MR) is 85.5 cm³/mol. The lowest BCUT2D eigenvalue weighted by molar-refractivity contribution is 0.298. The molecule has 1 aromatic heterocycles. The fraction of sp³-hybridized carbons (Fsp3) is 0.636. The van der Waals surface area contributed by atoms with E-state index in [0.717, 1.165) is 12.5 Å². The van der Waals surface area contributed by atoms with Crippen molar-refractivity contribution in [1.29, 1.82) is 0 Å². The number of rotatable bonds is 4. The van der Waals surface area contributed by atoms with Crippen molar-refractivity contribution >= 4 is 29.9 Å². The summed E-state index contributed by atoms with van der Waals surface area (Å²) < 4.78 is 1.82. The highest BCUT2D eigenvalue weighted by molar-refractivity contribution is 14.0. The molecule has 0 saturated carbocycles. The molecule has 104 valence electrons. The summed E-state index contributed by atoms with van der Waals surface area (Å²) in [7, 11) is 9.65. The van der Waals surface area contributed by atoms with Crippen LogP contribution in [0.3, 0.4) is 0 Å². The molecule has 1 heterocycles. The van der Waals surface area contributed by atoms with E-state index in [1.807, 2.05) is 31.2 Å². The molecule has 0 aromatic carbocycles. The maximum absolute atomic E-state index is 4.20. The van der Waals surface area contributed by atoms with Crippen molar-refractivity contribution in [3.8, 4) is 0 Å². The molecule has 0 amide bonds. The van der Waals surface area contributed by atoms with E-state index in [1.165, 1.54) is 5.56 Å². The van der Waals surface area contributed by atoms with Gasteiger partial charge in [0.2, 0.25) is 0 Å². The minimum atomic E-state index is 0. The average molecular weight is 366 g/mol. The Kier molecular flexibility index (Phi) is 7.92. The summed E-state index contributed by atoms with van der Waals surface area (Å²) in [5.41, 5.74) is 1.19. The maximum atomic E-state index is 4.20. The summed E-state index contributed by atoms with van der Waals surface area (Å²) >= 11 is 0. The van der Waals surface area contributed by atoms with Crippen LogP contribution in [0.25, 0.3) is 0 Å². The first kappa shape index (κ1) is 17.2. The van der Waals surface area contributed by atoms with Crippen molar-refractivity contribution in [3.05, 3.63) is 18.0 Å². The largest absolute Gasteiger partial charge is 0.359 e. The Labute approximate surface area is 126 Å². The Morgan fingerprint density at radius 3 is 2.61 bits per heavy atom. The summed E-state index contributed by atoms with van der Waals surface area (Å²) in [5, 5.41) is 10.5. The van der Waals surface area contributed by atoms with Gasteiger partial charge in [0.25, 0.3) is 0 Å². The van der Waals surface area contributed by atoms with Crippen LogP contribution in [0.15, 0.2) is 17.4 Å². The molecule has 1 rings (SSSR count). The molecule has 0 aliphatic heterocycles. The molecular weight excluding hydrogens is 343 g/mol. The fourth-order valence-corrected chi connectivity index (χ4v) is 1.68. The van der Waals surface area contributed by atoms with Crippen LogP contribution in [0.4, 0.5) is 0 Å². The normalized spacial score (nSPS) is 13.1. The standard InChI is InChI=1S/C11H22N6.HI/c1-12-11(13-2)14-7-10(16(3)4)9-6-15-17(5)8-9;/h6,8,10H,7H2,1-5H3,(H2,12,13,14);1H. The zero-order valence-electron chi connectivity index (χ0n) is 11.6. The summed E-state index contributed by atoms with van der Waals surface area (Å²) in [4.78, 5) is 6.25. The van der Waals surface area contributed by atoms with Gasteiger partial charge in [0.15, 0.2) is 5.96 Å². The molecule has 1 unspecified atom stereocenters. The van der Waals surface area contributed by atoms with E-state index in [0.29, 0.717) is 0 Å². The summed E-state index contributed by atoms with van der Waals surface area (Å²) in [6.07, 6.45) is 3.93. The number of halogens is 1. The summed E-state index contributed by atoms with van der Waals surface area (Å²) in [6.45, 7) is 0.784. The van der Waals surface area contributed by atoms with Gasteiger partial charge in [-0.3, -0.25) is 9.67 Å². The second kappa shape index (κ2) is 8.30. The van der Waals surface area contributed by atoms with Crippen molar-refractivity contribution in [3.63, 3.8) is 0 Å². The van der Waals surface area contributed by atoms with Crippen molar-refractivity contribution in [1.82, 2.24) is 25.3 Å². The second-order valence-electron chi connectivity index (χ2n) is 4.13. The van der Waals surface area contributed by atoms with E-state index in [2.05, 4.69) is 39.7 Å². The number of nitrogens with one attached hydrogen (secondary N) is 2. The van der Waals surface area contributed by atoms with Gasteiger partial charge < -0.3 is 15.5 Å². The topological polar surface area (TPSA) is 57.5 Å². The molecule has 0 radical (unpaired) electrons. The highest BCUT2D eigenvalue weighted by Gasteiger charge is 2.15. The van der Waals surface area contributed by atoms with Gasteiger partial charge in [0.05, 0.1) is 12.2 Å². The van der Waals surface area contributed by atoms with Gasteiger partial charge in [0.1, 0.15) is 0 Å². The van der Waals surface area contributed by atoms with Gasteiger partial charge in [-0.15, -0.1) is 24.0 Å². The van der Waals surface area contributed by atoms with Crippen LogP contribution in [0, 0.1) is 0 Å². The smallest absolute Gasteiger partial charge is 0.190 e. The van der Waals surface area contributed by atoms with Crippen LogP contribution in [0.5, 0.6) is 0 Å². The highest BCUT2D eigenvalue weighted by atomic mass is 127. The van der Waals surface area contributed by atoms with Gasteiger partial charge >= 0.3 is 0 Å². The Balaban J connectivity index is 0.00000289. The van der Waals surface area contributed by atoms with E-state index < -0.39 is 0 Å². The van der Waals surface area contributed by atoms with E-state index >= 15 is 0 Å². The molecule has 1 atom stereocenters. The van der Waals surface area contributed by atoms with Gasteiger partial charge in [0, 0.05) is 39.4 Å². The van der Waals surface area contributed by atoms with Gasteiger partial charge in [-0.2, -0.15) is 5.10 Å². The molecule has 2 N–H and O–H groups in total. The lowest BCUT2D eigenvalue weighted by Crippen LogP contribution is -2.40. The Hall–Kier alpha value is -0.830. The maximum Gasteiger partial charge on any atom is 0.190 e. The molecule has 18 heavy (non-hydrogen) atoms. The van der Waals surface area contributed by atoms with Crippen LogP contribution >= 0.6 is 24.0 Å². The molecule has 0 spiro atoms. The Bertz CT molecular complexity index is 373. The first-order valence-corrected chi connectivity index (χ1v) is 5.61. The third-order valence-electron chi connectivity index (χ3n) is 2.66. The summed E-state index contributed by atoms with van der Waals surface area (Å²) in [6, 6.07) is 0.272. The molecule has 0 fully saturated rings. The quantitative estimate of drug-likeness (QED) is 0.461. The van der Waals surface area contributed by atoms with Crippen molar-refractivity contribution in [2.24, 2.45) is 12.0 Å². The van der Waals surface area contributed by atoms with Crippen LogP contribution < -0.4 is 10.6 Å². The fourth-order valence-electron chi connectivity index (χ4n) is 1.68. The number of aryl methyl sites for hydroxylation is 1. The third-order valence-corrected chi connectivity index (χ3v) is 2.66. The van der Waals surface area contributed by atoms with Crippen LogP contribution in [0.2, 0.25) is 0 Å². The second-order valence-corrected chi connectivity index (χ2v) is 4.13. The van der Waals surface area contributed by atoms with Crippen LogP contribution in [-0.2, 0) is 7.05 Å². The Morgan fingerprint density at radius 2 is 2.22 bits per heavy atom. The number of aliphatic imine (C=N–C) groups is 1. The molecule has 0 saturated heterocycles. The molecule has 7 heteroatoms. The third kappa shape index (κ3) is 4.81. The highest BCUT2D eigenvalue weighted by Crippen LogP contribution is 2.15. The number of hydrogen-bond donors (Lipinski definition) is 2. The number of nitrogens with zero attached hydrogens (tertiary/aromatic N) is 4. The van der Waals surface area contributed by atoms with E-state index in [9.17, 15) is 0 Å². The van der Waals surface area contributed by atoms with Crippen molar-refractivity contribution in [2.45, 2.75) is 6.04 Å². The molecular formula is C11H23IN6. The molecule has 0 bridgehead atoms. The van der Waals surface area contributed by atoms with Crippen molar-refractivity contribution < 1.29 is 0 Å².